The number of aliphatic hydroxyl groups excluding tert-OH is 1. The van der Waals surface area contributed by atoms with E-state index in [2.05, 4.69) is 12.2 Å². The van der Waals surface area contributed by atoms with Crippen molar-refractivity contribution in [1.82, 2.24) is 5.32 Å². The summed E-state index contributed by atoms with van der Waals surface area (Å²) in [6.45, 7) is 2.97. The van der Waals surface area contributed by atoms with Crippen LogP contribution in [0.1, 0.15) is 58.3 Å². The van der Waals surface area contributed by atoms with Crippen LogP contribution in [-0.4, -0.2) is 34.5 Å². The molecule has 0 saturated heterocycles. The molecule has 0 bridgehead atoms. The van der Waals surface area contributed by atoms with Crippen LogP contribution in [0.5, 0.6) is 0 Å². The minimum atomic E-state index is -0.478. The second-order valence-electron chi connectivity index (χ2n) is 6.31. The molecule has 2 rings (SSSR count). The van der Waals surface area contributed by atoms with Gasteiger partial charge < -0.3 is 15.5 Å². The summed E-state index contributed by atoms with van der Waals surface area (Å²) >= 11 is 0. The van der Waals surface area contributed by atoms with E-state index in [-0.39, 0.29) is 6.10 Å². The molecule has 2 atom stereocenters. The zero-order valence-electron chi connectivity index (χ0n) is 11.0. The number of aliphatic hydroxyl groups is 2. The lowest BCUT2D eigenvalue weighted by molar-refractivity contribution is -0.0156. The van der Waals surface area contributed by atoms with Gasteiger partial charge in [-0.05, 0) is 44.4 Å². The van der Waals surface area contributed by atoms with Gasteiger partial charge in [0.2, 0.25) is 0 Å². The van der Waals surface area contributed by atoms with E-state index in [0.29, 0.717) is 12.0 Å². The summed E-state index contributed by atoms with van der Waals surface area (Å²) in [7, 11) is 0. The Labute approximate surface area is 105 Å². The van der Waals surface area contributed by atoms with Crippen LogP contribution in [0, 0.1) is 5.92 Å². The third kappa shape index (κ3) is 3.94. The number of nitrogens with one attached hydrogen (secondary N) is 1. The summed E-state index contributed by atoms with van der Waals surface area (Å²) in [4.78, 5) is 0. The lowest BCUT2D eigenvalue weighted by Crippen LogP contribution is -2.48. The topological polar surface area (TPSA) is 52.5 Å². The Morgan fingerprint density at radius 1 is 1.18 bits per heavy atom. The predicted octanol–water partition coefficient (Wildman–Crippen LogP) is 1.82. The largest absolute Gasteiger partial charge is 0.393 e. The first-order chi connectivity index (χ1) is 8.07. The average molecular weight is 241 g/mol. The molecule has 3 N–H and O–H groups in total. The molecule has 2 unspecified atom stereocenters. The highest BCUT2D eigenvalue weighted by atomic mass is 16.3. The van der Waals surface area contributed by atoms with Crippen LogP contribution in [0.2, 0.25) is 0 Å². The average Bonchev–Trinajstić information content (AvgIpc) is 2.28. The van der Waals surface area contributed by atoms with E-state index in [1.807, 2.05) is 0 Å². The lowest BCUT2D eigenvalue weighted by atomic mass is 9.78. The Morgan fingerprint density at radius 2 is 1.88 bits per heavy atom. The normalized spacial score (nSPS) is 43.6. The van der Waals surface area contributed by atoms with Crippen molar-refractivity contribution in [2.75, 3.05) is 6.54 Å². The highest BCUT2D eigenvalue weighted by molar-refractivity contribution is 4.89. The predicted molar refractivity (Wildman–Crippen MR) is 68.8 cm³/mol. The highest BCUT2D eigenvalue weighted by Gasteiger charge is 2.33. The first-order valence-electron chi connectivity index (χ1n) is 7.21. The molecule has 2 saturated carbocycles. The van der Waals surface area contributed by atoms with Gasteiger partial charge in [0.25, 0.3) is 0 Å². The Hall–Kier alpha value is -0.120. The minimum Gasteiger partial charge on any atom is -0.393 e. The monoisotopic (exact) mass is 241 g/mol. The second kappa shape index (κ2) is 5.68. The van der Waals surface area contributed by atoms with E-state index < -0.39 is 5.60 Å². The van der Waals surface area contributed by atoms with Crippen molar-refractivity contribution in [2.45, 2.75) is 76.0 Å². The summed E-state index contributed by atoms with van der Waals surface area (Å²) in [6, 6.07) is 0.500. The molecule has 17 heavy (non-hydrogen) atoms. The molecule has 0 aromatic carbocycles. The van der Waals surface area contributed by atoms with E-state index >= 15 is 0 Å². The molecule has 100 valence electrons. The van der Waals surface area contributed by atoms with E-state index in [9.17, 15) is 10.2 Å². The van der Waals surface area contributed by atoms with Crippen molar-refractivity contribution in [2.24, 2.45) is 5.92 Å². The van der Waals surface area contributed by atoms with Crippen molar-refractivity contribution in [3.05, 3.63) is 0 Å². The van der Waals surface area contributed by atoms with Gasteiger partial charge in [-0.25, -0.2) is 0 Å². The van der Waals surface area contributed by atoms with E-state index in [1.54, 1.807) is 0 Å². The molecule has 0 radical (unpaired) electrons. The van der Waals surface area contributed by atoms with Crippen molar-refractivity contribution in [1.29, 1.82) is 0 Å². The molecule has 0 spiro atoms. The minimum absolute atomic E-state index is 0.0918. The molecule has 0 aliphatic heterocycles. The van der Waals surface area contributed by atoms with Crippen LogP contribution in [0.15, 0.2) is 0 Å². The molecular weight excluding hydrogens is 214 g/mol. The SMILES string of the molecule is CC1CCCC(O)(CNC2CCC(O)CC2)C1. The molecule has 3 heteroatoms. The smallest absolute Gasteiger partial charge is 0.0774 e. The van der Waals surface area contributed by atoms with Crippen LogP contribution in [-0.2, 0) is 0 Å². The number of hydrogen-bond donors (Lipinski definition) is 3. The fourth-order valence-electron chi connectivity index (χ4n) is 3.41. The maximum Gasteiger partial charge on any atom is 0.0774 e. The number of rotatable bonds is 3. The van der Waals surface area contributed by atoms with Crippen LogP contribution in [0.4, 0.5) is 0 Å². The maximum atomic E-state index is 10.5. The molecule has 3 nitrogen and oxygen atoms in total. The fourth-order valence-corrected chi connectivity index (χ4v) is 3.41. The van der Waals surface area contributed by atoms with Crippen molar-refractivity contribution in [3.8, 4) is 0 Å². The van der Waals surface area contributed by atoms with Crippen LogP contribution < -0.4 is 5.32 Å². The van der Waals surface area contributed by atoms with Gasteiger partial charge in [0.05, 0.1) is 11.7 Å². The van der Waals surface area contributed by atoms with Crippen molar-refractivity contribution in [3.63, 3.8) is 0 Å². The summed E-state index contributed by atoms with van der Waals surface area (Å²) in [5, 5.41) is 23.5. The van der Waals surface area contributed by atoms with E-state index in [1.165, 1.54) is 6.42 Å². The van der Waals surface area contributed by atoms with Gasteiger partial charge in [-0.2, -0.15) is 0 Å². The zero-order chi connectivity index (χ0) is 12.3. The van der Waals surface area contributed by atoms with Crippen LogP contribution >= 0.6 is 0 Å². The van der Waals surface area contributed by atoms with Gasteiger partial charge in [-0.3, -0.25) is 0 Å². The molecular formula is C14H27NO2. The summed E-state index contributed by atoms with van der Waals surface area (Å²) in [6.07, 6.45) is 8.12. The van der Waals surface area contributed by atoms with Gasteiger partial charge in [-0.15, -0.1) is 0 Å². The van der Waals surface area contributed by atoms with E-state index in [4.69, 9.17) is 0 Å². The Bertz CT molecular complexity index is 238. The van der Waals surface area contributed by atoms with Crippen molar-refractivity contribution < 1.29 is 10.2 Å². The lowest BCUT2D eigenvalue weighted by Gasteiger charge is -2.37. The fraction of sp³-hybridized carbons (Fsp3) is 1.00. The van der Waals surface area contributed by atoms with Gasteiger partial charge in [0.1, 0.15) is 0 Å². The highest BCUT2D eigenvalue weighted by Crippen LogP contribution is 2.32. The third-order valence-corrected chi connectivity index (χ3v) is 4.48. The first kappa shape index (κ1) is 13.3. The molecule has 2 aliphatic rings. The van der Waals surface area contributed by atoms with Gasteiger partial charge in [0, 0.05) is 12.6 Å². The van der Waals surface area contributed by atoms with E-state index in [0.717, 1.165) is 51.5 Å². The van der Waals surface area contributed by atoms with Crippen LogP contribution in [0.3, 0.4) is 0 Å². The number of hydrogen-bond acceptors (Lipinski definition) is 3. The standard InChI is InChI=1S/C14H27NO2/c1-11-3-2-8-14(17,9-11)10-15-12-4-6-13(16)7-5-12/h11-13,15-17H,2-10H2,1H3. The molecule has 0 heterocycles. The first-order valence-corrected chi connectivity index (χ1v) is 7.21. The van der Waals surface area contributed by atoms with Gasteiger partial charge in [-0.1, -0.05) is 19.8 Å². The van der Waals surface area contributed by atoms with Crippen molar-refractivity contribution >= 4 is 0 Å². The second-order valence-corrected chi connectivity index (χ2v) is 6.31. The summed E-state index contributed by atoms with van der Waals surface area (Å²) in [5.74, 6) is 0.656. The third-order valence-electron chi connectivity index (χ3n) is 4.48. The van der Waals surface area contributed by atoms with Crippen LogP contribution in [0.25, 0.3) is 0 Å². The Morgan fingerprint density at radius 3 is 2.53 bits per heavy atom. The summed E-state index contributed by atoms with van der Waals surface area (Å²) in [5.41, 5.74) is -0.478. The zero-order valence-corrected chi connectivity index (χ0v) is 11.0. The molecule has 0 aromatic rings. The van der Waals surface area contributed by atoms with Gasteiger partial charge in [0.15, 0.2) is 0 Å². The molecule has 0 amide bonds. The summed E-state index contributed by atoms with van der Waals surface area (Å²) < 4.78 is 0. The molecule has 2 fully saturated rings. The van der Waals surface area contributed by atoms with Gasteiger partial charge >= 0.3 is 0 Å². The Balaban J connectivity index is 1.73. The quantitative estimate of drug-likeness (QED) is 0.706. The molecule has 2 aliphatic carbocycles. The Kier molecular flexibility index (Phi) is 4.45. The maximum absolute atomic E-state index is 10.5. The molecule has 0 aromatic heterocycles.